The van der Waals surface area contributed by atoms with Crippen LogP contribution in [0.2, 0.25) is 10.0 Å². The molecule has 0 saturated heterocycles. The fourth-order valence-corrected chi connectivity index (χ4v) is 1.84. The standard InChI is InChI=1S/C12H13Cl2NO4/c1-19-6-5-15(7-10(16)17)12(18)8-3-2-4-9(13)11(8)14/h2-4H,5-7H2,1H3,(H,16,17). The molecular formula is C12H13Cl2NO4. The van der Waals surface area contributed by atoms with Crippen molar-refractivity contribution in [1.82, 2.24) is 4.90 Å². The van der Waals surface area contributed by atoms with E-state index >= 15 is 0 Å². The third kappa shape index (κ3) is 4.38. The number of hydrogen-bond donors (Lipinski definition) is 1. The molecule has 0 aliphatic rings. The monoisotopic (exact) mass is 305 g/mol. The Hall–Kier alpha value is -1.30. The van der Waals surface area contributed by atoms with Gasteiger partial charge in [-0.25, -0.2) is 0 Å². The first-order valence-corrected chi connectivity index (χ1v) is 6.17. The number of carbonyl (C=O) groups excluding carboxylic acids is 1. The summed E-state index contributed by atoms with van der Waals surface area (Å²) in [6, 6.07) is 4.63. The van der Waals surface area contributed by atoms with Crippen molar-refractivity contribution in [2.24, 2.45) is 0 Å². The first-order chi connectivity index (χ1) is 8.97. The second-order valence-corrected chi connectivity index (χ2v) is 4.50. The van der Waals surface area contributed by atoms with E-state index in [1.807, 2.05) is 0 Å². The fourth-order valence-electron chi connectivity index (χ4n) is 1.46. The Morgan fingerprint density at radius 1 is 1.37 bits per heavy atom. The lowest BCUT2D eigenvalue weighted by atomic mass is 10.2. The van der Waals surface area contributed by atoms with Gasteiger partial charge in [0.2, 0.25) is 0 Å². The lowest BCUT2D eigenvalue weighted by molar-refractivity contribution is -0.137. The summed E-state index contributed by atoms with van der Waals surface area (Å²) in [5.41, 5.74) is 0.173. The van der Waals surface area contributed by atoms with E-state index in [2.05, 4.69) is 0 Å². The summed E-state index contributed by atoms with van der Waals surface area (Å²) >= 11 is 11.8. The maximum Gasteiger partial charge on any atom is 0.323 e. The summed E-state index contributed by atoms with van der Waals surface area (Å²) in [5, 5.41) is 9.17. The quantitative estimate of drug-likeness (QED) is 0.874. The van der Waals surface area contributed by atoms with Crippen LogP contribution in [0.5, 0.6) is 0 Å². The Kier molecular flexibility index (Phi) is 6.08. The molecule has 0 atom stereocenters. The largest absolute Gasteiger partial charge is 0.480 e. The van der Waals surface area contributed by atoms with Crippen molar-refractivity contribution in [2.75, 3.05) is 26.8 Å². The minimum absolute atomic E-state index is 0.113. The van der Waals surface area contributed by atoms with Crippen LogP contribution in [0.15, 0.2) is 18.2 Å². The zero-order valence-corrected chi connectivity index (χ0v) is 11.7. The highest BCUT2D eigenvalue weighted by Crippen LogP contribution is 2.26. The molecule has 1 N–H and O–H groups in total. The first kappa shape index (κ1) is 15.8. The van der Waals surface area contributed by atoms with Gasteiger partial charge in [-0.15, -0.1) is 0 Å². The average molecular weight is 306 g/mol. The highest BCUT2D eigenvalue weighted by Gasteiger charge is 2.21. The Morgan fingerprint density at radius 2 is 2.05 bits per heavy atom. The number of methoxy groups -OCH3 is 1. The van der Waals surface area contributed by atoms with Gasteiger partial charge >= 0.3 is 5.97 Å². The van der Waals surface area contributed by atoms with Gasteiger partial charge in [0.05, 0.1) is 22.2 Å². The van der Waals surface area contributed by atoms with Crippen molar-refractivity contribution >= 4 is 35.1 Å². The average Bonchev–Trinajstić information content (AvgIpc) is 2.36. The van der Waals surface area contributed by atoms with E-state index in [0.29, 0.717) is 0 Å². The SMILES string of the molecule is COCCN(CC(=O)O)C(=O)c1cccc(Cl)c1Cl. The number of halogens is 2. The summed E-state index contributed by atoms with van der Waals surface area (Å²) in [7, 11) is 1.47. The van der Waals surface area contributed by atoms with E-state index in [-0.39, 0.29) is 28.8 Å². The van der Waals surface area contributed by atoms with Gasteiger partial charge in [-0.3, -0.25) is 9.59 Å². The Balaban J connectivity index is 2.97. The third-order valence-electron chi connectivity index (χ3n) is 2.36. The van der Waals surface area contributed by atoms with Gasteiger partial charge in [0, 0.05) is 13.7 Å². The maximum atomic E-state index is 12.2. The second kappa shape index (κ2) is 7.33. The molecule has 0 radical (unpaired) electrons. The van der Waals surface area contributed by atoms with Gasteiger partial charge in [0.25, 0.3) is 5.91 Å². The van der Waals surface area contributed by atoms with E-state index in [4.69, 9.17) is 33.0 Å². The Labute approximate surface area is 120 Å². The number of hydrogen-bond acceptors (Lipinski definition) is 3. The summed E-state index contributed by atoms with van der Waals surface area (Å²) < 4.78 is 4.85. The summed E-state index contributed by atoms with van der Waals surface area (Å²) in [6.45, 7) is -0.0350. The second-order valence-electron chi connectivity index (χ2n) is 3.71. The molecule has 1 aromatic carbocycles. The lowest BCUT2D eigenvalue weighted by Crippen LogP contribution is -2.38. The molecule has 0 aliphatic carbocycles. The number of ether oxygens (including phenoxy) is 1. The minimum Gasteiger partial charge on any atom is -0.480 e. The number of amides is 1. The van der Waals surface area contributed by atoms with E-state index in [1.165, 1.54) is 13.2 Å². The van der Waals surface area contributed by atoms with Gasteiger partial charge < -0.3 is 14.7 Å². The Morgan fingerprint density at radius 3 is 2.63 bits per heavy atom. The van der Waals surface area contributed by atoms with E-state index in [0.717, 1.165) is 4.90 Å². The van der Waals surface area contributed by atoms with Gasteiger partial charge in [0.1, 0.15) is 6.54 Å². The van der Waals surface area contributed by atoms with Crippen molar-refractivity contribution in [1.29, 1.82) is 0 Å². The topological polar surface area (TPSA) is 66.8 Å². The minimum atomic E-state index is -1.11. The number of rotatable bonds is 6. The maximum absolute atomic E-state index is 12.2. The number of nitrogens with zero attached hydrogens (tertiary/aromatic N) is 1. The van der Waals surface area contributed by atoms with Crippen LogP contribution < -0.4 is 0 Å². The van der Waals surface area contributed by atoms with Crippen LogP contribution in [0.25, 0.3) is 0 Å². The van der Waals surface area contributed by atoms with Crippen LogP contribution in [0.3, 0.4) is 0 Å². The molecule has 0 aliphatic heterocycles. The van der Waals surface area contributed by atoms with Crippen LogP contribution in [-0.4, -0.2) is 48.7 Å². The predicted octanol–water partition coefficient (Wildman–Crippen LogP) is 2.17. The van der Waals surface area contributed by atoms with E-state index in [1.54, 1.807) is 12.1 Å². The van der Waals surface area contributed by atoms with Crippen LogP contribution in [0.4, 0.5) is 0 Å². The van der Waals surface area contributed by atoms with E-state index in [9.17, 15) is 9.59 Å². The van der Waals surface area contributed by atoms with Gasteiger partial charge in [-0.1, -0.05) is 29.3 Å². The van der Waals surface area contributed by atoms with Gasteiger partial charge in [-0.2, -0.15) is 0 Å². The van der Waals surface area contributed by atoms with Gasteiger partial charge in [-0.05, 0) is 12.1 Å². The molecule has 0 spiro atoms. The summed E-state index contributed by atoms with van der Waals surface area (Å²) in [5.74, 6) is -1.60. The van der Waals surface area contributed by atoms with Crippen molar-refractivity contribution in [3.05, 3.63) is 33.8 Å². The molecule has 5 nitrogen and oxygen atoms in total. The summed E-state index contributed by atoms with van der Waals surface area (Å²) in [4.78, 5) is 24.1. The molecule has 0 bridgehead atoms. The smallest absolute Gasteiger partial charge is 0.323 e. The van der Waals surface area contributed by atoms with Crippen molar-refractivity contribution < 1.29 is 19.4 Å². The molecule has 7 heteroatoms. The third-order valence-corrected chi connectivity index (χ3v) is 3.18. The molecule has 104 valence electrons. The normalized spacial score (nSPS) is 10.3. The first-order valence-electron chi connectivity index (χ1n) is 5.41. The highest BCUT2D eigenvalue weighted by atomic mass is 35.5. The van der Waals surface area contributed by atoms with Crippen molar-refractivity contribution in [2.45, 2.75) is 0 Å². The molecule has 1 aromatic rings. The Bertz CT molecular complexity index is 479. The van der Waals surface area contributed by atoms with Crippen LogP contribution >= 0.6 is 23.2 Å². The van der Waals surface area contributed by atoms with Crippen LogP contribution in [-0.2, 0) is 9.53 Å². The number of carbonyl (C=O) groups is 2. The van der Waals surface area contributed by atoms with Crippen molar-refractivity contribution in [3.63, 3.8) is 0 Å². The molecule has 1 amide bonds. The molecule has 0 aromatic heterocycles. The molecular weight excluding hydrogens is 293 g/mol. The van der Waals surface area contributed by atoms with Crippen LogP contribution in [0.1, 0.15) is 10.4 Å². The van der Waals surface area contributed by atoms with Crippen molar-refractivity contribution in [3.8, 4) is 0 Å². The molecule has 1 rings (SSSR count). The molecule has 0 saturated carbocycles. The fraction of sp³-hybridized carbons (Fsp3) is 0.333. The molecule has 0 unspecified atom stereocenters. The number of carboxylic acids is 1. The molecule has 0 heterocycles. The number of aliphatic carboxylic acids is 1. The van der Waals surface area contributed by atoms with Crippen LogP contribution in [0, 0.1) is 0 Å². The van der Waals surface area contributed by atoms with Gasteiger partial charge in [0.15, 0.2) is 0 Å². The zero-order chi connectivity index (χ0) is 14.4. The lowest BCUT2D eigenvalue weighted by Gasteiger charge is -2.21. The molecule has 19 heavy (non-hydrogen) atoms. The predicted molar refractivity (Wildman–Crippen MR) is 71.9 cm³/mol. The number of carboxylic acid groups (broad SMARTS) is 1. The summed E-state index contributed by atoms with van der Waals surface area (Å²) in [6.07, 6.45) is 0. The van der Waals surface area contributed by atoms with E-state index < -0.39 is 18.4 Å². The number of benzene rings is 1. The highest BCUT2D eigenvalue weighted by molar-refractivity contribution is 6.43. The molecule has 0 fully saturated rings. The zero-order valence-electron chi connectivity index (χ0n) is 10.2.